The molecule has 0 bridgehead atoms. The molecule has 0 atom stereocenters. The number of oxime groups is 1. The summed E-state index contributed by atoms with van der Waals surface area (Å²) in [6.45, 7) is 1.82. The molecule has 0 saturated heterocycles. The number of hydrogen-bond acceptors (Lipinski definition) is 5. The summed E-state index contributed by atoms with van der Waals surface area (Å²) in [5.41, 5.74) is 2.99. The van der Waals surface area contributed by atoms with Gasteiger partial charge < -0.3 is 15.4 Å². The van der Waals surface area contributed by atoms with Gasteiger partial charge in [-0.3, -0.25) is 4.99 Å². The molecule has 0 spiro atoms. The fourth-order valence-electron chi connectivity index (χ4n) is 3.75. The average molecular weight is 430 g/mol. The highest BCUT2D eigenvalue weighted by Crippen LogP contribution is 2.27. The molecule has 1 saturated carbocycles. The summed E-state index contributed by atoms with van der Waals surface area (Å²) in [6.07, 6.45) is 6.26. The molecule has 1 aromatic heterocycles. The van der Waals surface area contributed by atoms with Gasteiger partial charge in [0.2, 0.25) is 0 Å². The Morgan fingerprint density at radius 3 is 2.93 bits per heavy atom. The maximum Gasteiger partial charge on any atom is 0.141 e. The maximum absolute atomic E-state index is 13.4. The SMILES string of the molecule is CN(CCCN=C1Cc2c(/C(Cc3ccc(F)c(Cl)c3)=N/O)ccnc2N1)C1CC1. The van der Waals surface area contributed by atoms with Crippen LogP contribution in [0, 0.1) is 5.82 Å². The summed E-state index contributed by atoms with van der Waals surface area (Å²) in [4.78, 5) is 11.5. The normalized spacial score (nSPS) is 17.5. The lowest BCUT2D eigenvalue weighted by atomic mass is 9.98. The van der Waals surface area contributed by atoms with Crippen LogP contribution in [0.2, 0.25) is 5.02 Å². The number of amidine groups is 1. The second-order valence-corrected chi connectivity index (χ2v) is 8.26. The van der Waals surface area contributed by atoms with Crippen molar-refractivity contribution in [2.45, 2.75) is 38.1 Å². The third-order valence-electron chi connectivity index (χ3n) is 5.59. The van der Waals surface area contributed by atoms with Crippen LogP contribution in [0.1, 0.15) is 36.0 Å². The molecule has 1 aromatic carbocycles. The Balaban J connectivity index is 1.43. The van der Waals surface area contributed by atoms with Crippen molar-refractivity contribution >= 4 is 29.0 Å². The van der Waals surface area contributed by atoms with E-state index in [2.05, 4.69) is 27.4 Å². The number of fused-ring (bicyclic) bond motifs is 1. The van der Waals surface area contributed by atoms with Crippen LogP contribution in [-0.4, -0.2) is 52.8 Å². The molecule has 4 rings (SSSR count). The van der Waals surface area contributed by atoms with E-state index in [4.69, 9.17) is 16.6 Å². The van der Waals surface area contributed by atoms with Crippen LogP contribution >= 0.6 is 11.6 Å². The van der Waals surface area contributed by atoms with Gasteiger partial charge in [-0.15, -0.1) is 0 Å². The highest BCUT2D eigenvalue weighted by molar-refractivity contribution is 6.30. The molecular formula is C22H25ClFN5O. The lowest BCUT2D eigenvalue weighted by Crippen LogP contribution is -2.22. The van der Waals surface area contributed by atoms with Gasteiger partial charge in [-0.1, -0.05) is 22.8 Å². The average Bonchev–Trinajstić information content (AvgIpc) is 3.51. The molecule has 0 unspecified atom stereocenters. The van der Waals surface area contributed by atoms with Gasteiger partial charge in [0.05, 0.1) is 10.7 Å². The fraction of sp³-hybridized carbons (Fsp3) is 0.409. The molecule has 30 heavy (non-hydrogen) atoms. The Morgan fingerprint density at radius 1 is 1.37 bits per heavy atom. The van der Waals surface area contributed by atoms with E-state index < -0.39 is 5.82 Å². The van der Waals surface area contributed by atoms with E-state index in [9.17, 15) is 9.60 Å². The standard InChI is InChI=1S/C22H25ClFN5O/c1-29(15-4-5-15)10-2-8-25-21-13-17-16(7-9-26-22(17)27-21)20(28-30)12-14-3-6-19(24)18(23)11-14/h3,6-7,9,11,15,30H,2,4-5,8,10,12-13H2,1H3,(H,25,26,27)/b28-20+. The van der Waals surface area contributed by atoms with Crippen molar-refractivity contribution in [3.8, 4) is 0 Å². The topological polar surface area (TPSA) is 73.1 Å². The number of anilines is 1. The van der Waals surface area contributed by atoms with Crippen molar-refractivity contribution in [2.24, 2.45) is 10.1 Å². The van der Waals surface area contributed by atoms with E-state index in [0.717, 1.165) is 53.9 Å². The zero-order valence-electron chi connectivity index (χ0n) is 16.9. The first kappa shape index (κ1) is 20.8. The predicted molar refractivity (Wildman–Crippen MR) is 118 cm³/mol. The molecule has 6 nitrogen and oxygen atoms in total. The molecule has 1 aliphatic heterocycles. The van der Waals surface area contributed by atoms with Crippen LogP contribution in [-0.2, 0) is 12.8 Å². The van der Waals surface area contributed by atoms with Gasteiger partial charge in [0.25, 0.3) is 0 Å². The van der Waals surface area contributed by atoms with Gasteiger partial charge in [0, 0.05) is 42.8 Å². The number of nitrogens with one attached hydrogen (secondary N) is 1. The monoisotopic (exact) mass is 429 g/mol. The van der Waals surface area contributed by atoms with Crippen LogP contribution in [0.3, 0.4) is 0 Å². The molecule has 2 aromatic rings. The first-order valence-corrected chi connectivity index (χ1v) is 10.6. The van der Waals surface area contributed by atoms with E-state index in [0.29, 0.717) is 18.6 Å². The zero-order valence-corrected chi connectivity index (χ0v) is 17.7. The summed E-state index contributed by atoms with van der Waals surface area (Å²) in [7, 11) is 2.18. The molecule has 158 valence electrons. The van der Waals surface area contributed by atoms with Crippen LogP contribution in [0.15, 0.2) is 40.6 Å². The highest BCUT2D eigenvalue weighted by atomic mass is 35.5. The van der Waals surface area contributed by atoms with Gasteiger partial charge in [0.1, 0.15) is 17.5 Å². The Kier molecular flexibility index (Phi) is 6.29. The first-order chi connectivity index (χ1) is 14.5. The fourth-order valence-corrected chi connectivity index (χ4v) is 3.96. The third kappa shape index (κ3) is 4.79. The molecule has 1 fully saturated rings. The lowest BCUT2D eigenvalue weighted by molar-refractivity contribution is 0.318. The maximum atomic E-state index is 13.4. The molecule has 0 radical (unpaired) electrons. The quantitative estimate of drug-likeness (QED) is 0.286. The van der Waals surface area contributed by atoms with Crippen molar-refractivity contribution < 1.29 is 9.60 Å². The molecule has 2 N–H and O–H groups in total. The largest absolute Gasteiger partial charge is 0.411 e. The molecule has 0 amide bonds. The van der Waals surface area contributed by atoms with Crippen LogP contribution in [0.5, 0.6) is 0 Å². The van der Waals surface area contributed by atoms with Crippen LogP contribution in [0.4, 0.5) is 10.2 Å². The number of nitrogens with zero attached hydrogens (tertiary/aromatic N) is 4. The molecule has 8 heteroatoms. The van der Waals surface area contributed by atoms with Crippen molar-refractivity contribution in [2.75, 3.05) is 25.5 Å². The number of aliphatic imine (C=N–C) groups is 1. The molecular weight excluding hydrogens is 405 g/mol. The van der Waals surface area contributed by atoms with Gasteiger partial charge >= 0.3 is 0 Å². The minimum atomic E-state index is -0.471. The Labute approximate surface area is 180 Å². The third-order valence-corrected chi connectivity index (χ3v) is 5.88. The minimum Gasteiger partial charge on any atom is -0.411 e. The molecule has 2 heterocycles. The van der Waals surface area contributed by atoms with Crippen LogP contribution < -0.4 is 5.32 Å². The summed E-state index contributed by atoms with van der Waals surface area (Å²) >= 11 is 5.88. The molecule has 1 aliphatic carbocycles. The summed E-state index contributed by atoms with van der Waals surface area (Å²) in [6, 6.07) is 7.10. The highest BCUT2D eigenvalue weighted by Gasteiger charge is 2.26. The smallest absolute Gasteiger partial charge is 0.141 e. The summed E-state index contributed by atoms with van der Waals surface area (Å²) < 4.78 is 13.4. The number of aromatic nitrogens is 1. The van der Waals surface area contributed by atoms with Gasteiger partial charge in [-0.2, -0.15) is 0 Å². The lowest BCUT2D eigenvalue weighted by Gasteiger charge is -2.14. The second kappa shape index (κ2) is 9.10. The van der Waals surface area contributed by atoms with Crippen molar-refractivity contribution in [3.05, 3.63) is 58.0 Å². The van der Waals surface area contributed by atoms with E-state index >= 15 is 0 Å². The molecule has 2 aliphatic rings. The number of hydrogen-bond donors (Lipinski definition) is 2. The Hall–Kier alpha value is -2.51. The summed E-state index contributed by atoms with van der Waals surface area (Å²) in [5.74, 6) is 1.14. The van der Waals surface area contributed by atoms with Gasteiger partial charge in [-0.25, -0.2) is 9.37 Å². The number of halogens is 2. The van der Waals surface area contributed by atoms with Crippen molar-refractivity contribution in [1.82, 2.24) is 9.88 Å². The van der Waals surface area contributed by atoms with Gasteiger partial charge in [0.15, 0.2) is 0 Å². The van der Waals surface area contributed by atoms with E-state index in [-0.39, 0.29) is 5.02 Å². The first-order valence-electron chi connectivity index (χ1n) is 10.2. The zero-order chi connectivity index (χ0) is 21.1. The predicted octanol–water partition coefficient (Wildman–Crippen LogP) is 4.15. The van der Waals surface area contributed by atoms with E-state index in [1.54, 1.807) is 18.3 Å². The Morgan fingerprint density at radius 2 is 2.20 bits per heavy atom. The van der Waals surface area contributed by atoms with Crippen molar-refractivity contribution in [3.63, 3.8) is 0 Å². The second-order valence-electron chi connectivity index (χ2n) is 7.85. The minimum absolute atomic E-state index is 0.0492. The van der Waals surface area contributed by atoms with Crippen molar-refractivity contribution in [1.29, 1.82) is 0 Å². The number of benzene rings is 1. The van der Waals surface area contributed by atoms with Crippen LogP contribution in [0.25, 0.3) is 0 Å². The number of pyridine rings is 1. The summed E-state index contributed by atoms with van der Waals surface area (Å²) in [5, 5.41) is 16.5. The Bertz CT molecular complexity index is 989. The van der Waals surface area contributed by atoms with E-state index in [1.807, 2.05) is 6.07 Å². The van der Waals surface area contributed by atoms with Gasteiger partial charge in [-0.05, 0) is 56.6 Å². The van der Waals surface area contributed by atoms with E-state index in [1.165, 1.54) is 18.9 Å². The number of rotatable bonds is 8.